The van der Waals surface area contributed by atoms with Crippen LogP contribution in [-0.2, 0) is 16.0 Å². The standard InChI is InChI=1S/C20H34N4O3/c1-5-21-20(23-14-18-15-24(3)8-9-26-18)22-13-17-7-6-16(2)12-19(17)27-11-10-25-4/h6-7,12,18H,5,8-11,13-15H2,1-4H3,(H2,21,22,23). The van der Waals surface area contributed by atoms with Crippen LogP contribution >= 0.6 is 0 Å². The highest BCUT2D eigenvalue weighted by molar-refractivity contribution is 5.79. The van der Waals surface area contributed by atoms with Gasteiger partial charge in [-0.05, 0) is 32.5 Å². The Balaban J connectivity index is 1.96. The monoisotopic (exact) mass is 378 g/mol. The number of guanidine groups is 1. The van der Waals surface area contributed by atoms with Gasteiger partial charge in [0, 0.05) is 38.9 Å². The summed E-state index contributed by atoms with van der Waals surface area (Å²) in [4.78, 5) is 7.01. The molecule has 0 radical (unpaired) electrons. The third-order valence-electron chi connectivity index (χ3n) is 4.36. The summed E-state index contributed by atoms with van der Waals surface area (Å²) in [5, 5.41) is 6.69. The van der Waals surface area contributed by atoms with Crippen molar-refractivity contribution in [2.75, 3.05) is 60.2 Å². The molecular weight excluding hydrogens is 344 g/mol. The van der Waals surface area contributed by atoms with Crippen molar-refractivity contribution in [2.24, 2.45) is 4.99 Å². The van der Waals surface area contributed by atoms with E-state index in [1.807, 2.05) is 6.07 Å². The number of benzene rings is 1. The Bertz CT molecular complexity index is 595. The normalized spacial score (nSPS) is 18.4. The molecule has 1 saturated heterocycles. The average Bonchev–Trinajstić information content (AvgIpc) is 2.65. The van der Waals surface area contributed by atoms with E-state index < -0.39 is 0 Å². The van der Waals surface area contributed by atoms with E-state index in [0.29, 0.717) is 19.8 Å². The molecular formula is C20H34N4O3. The lowest BCUT2D eigenvalue weighted by Gasteiger charge is -2.30. The van der Waals surface area contributed by atoms with E-state index >= 15 is 0 Å². The van der Waals surface area contributed by atoms with E-state index in [4.69, 9.17) is 19.2 Å². The molecule has 1 aliphatic heterocycles. The molecule has 1 heterocycles. The summed E-state index contributed by atoms with van der Waals surface area (Å²) < 4.78 is 16.7. The van der Waals surface area contributed by atoms with Crippen LogP contribution < -0.4 is 15.4 Å². The van der Waals surface area contributed by atoms with Gasteiger partial charge in [0.1, 0.15) is 12.4 Å². The van der Waals surface area contributed by atoms with Crippen LogP contribution in [0.5, 0.6) is 5.75 Å². The van der Waals surface area contributed by atoms with Gasteiger partial charge in [0.15, 0.2) is 5.96 Å². The Kier molecular flexibility index (Phi) is 9.38. The molecule has 0 spiro atoms. The van der Waals surface area contributed by atoms with Crippen LogP contribution in [0.3, 0.4) is 0 Å². The molecule has 1 atom stereocenters. The van der Waals surface area contributed by atoms with Crippen molar-refractivity contribution in [1.82, 2.24) is 15.5 Å². The first-order valence-electron chi connectivity index (χ1n) is 9.66. The predicted molar refractivity (Wildman–Crippen MR) is 109 cm³/mol. The number of rotatable bonds is 9. The molecule has 1 aromatic rings. The molecule has 2 rings (SSSR count). The van der Waals surface area contributed by atoms with Crippen LogP contribution in [0.4, 0.5) is 0 Å². The minimum atomic E-state index is 0.180. The van der Waals surface area contributed by atoms with E-state index in [-0.39, 0.29) is 6.10 Å². The molecule has 0 aliphatic carbocycles. The topological polar surface area (TPSA) is 67.4 Å². The number of hydrogen-bond donors (Lipinski definition) is 2. The van der Waals surface area contributed by atoms with Crippen LogP contribution in [0.25, 0.3) is 0 Å². The fourth-order valence-electron chi connectivity index (χ4n) is 2.87. The van der Waals surface area contributed by atoms with Crippen molar-refractivity contribution < 1.29 is 14.2 Å². The molecule has 7 heteroatoms. The highest BCUT2D eigenvalue weighted by Crippen LogP contribution is 2.21. The molecule has 152 valence electrons. The van der Waals surface area contributed by atoms with E-state index in [0.717, 1.165) is 50.1 Å². The van der Waals surface area contributed by atoms with Gasteiger partial charge < -0.3 is 29.7 Å². The van der Waals surface area contributed by atoms with Crippen LogP contribution in [0.1, 0.15) is 18.1 Å². The largest absolute Gasteiger partial charge is 0.491 e. The van der Waals surface area contributed by atoms with Gasteiger partial charge in [-0.1, -0.05) is 12.1 Å². The molecule has 0 saturated carbocycles. The fraction of sp³-hybridized carbons (Fsp3) is 0.650. The molecule has 1 aromatic carbocycles. The third-order valence-corrected chi connectivity index (χ3v) is 4.36. The Hall–Kier alpha value is -1.83. The molecule has 2 N–H and O–H groups in total. The first-order valence-corrected chi connectivity index (χ1v) is 9.66. The number of likely N-dealkylation sites (N-methyl/N-ethyl adjacent to an activating group) is 1. The van der Waals surface area contributed by atoms with E-state index in [2.05, 4.69) is 48.6 Å². The number of aryl methyl sites for hydroxylation is 1. The lowest BCUT2D eigenvalue weighted by molar-refractivity contribution is -0.0161. The Morgan fingerprint density at radius 1 is 1.33 bits per heavy atom. The summed E-state index contributed by atoms with van der Waals surface area (Å²) >= 11 is 0. The van der Waals surface area contributed by atoms with Crippen molar-refractivity contribution in [3.05, 3.63) is 29.3 Å². The summed E-state index contributed by atoms with van der Waals surface area (Å²) in [6.07, 6.45) is 0.180. The number of morpholine rings is 1. The summed E-state index contributed by atoms with van der Waals surface area (Å²) in [6.45, 7) is 10.0. The Labute approximate surface area is 163 Å². The second kappa shape index (κ2) is 11.8. The fourth-order valence-corrected chi connectivity index (χ4v) is 2.87. The number of ether oxygens (including phenoxy) is 3. The SMILES string of the molecule is CCNC(=NCc1ccc(C)cc1OCCOC)NCC1CN(C)CCO1. The van der Waals surface area contributed by atoms with Crippen LogP contribution in [-0.4, -0.2) is 77.1 Å². The van der Waals surface area contributed by atoms with E-state index in [9.17, 15) is 0 Å². The maximum Gasteiger partial charge on any atom is 0.191 e. The van der Waals surface area contributed by atoms with Crippen LogP contribution in [0.2, 0.25) is 0 Å². The molecule has 1 aliphatic rings. The number of nitrogens with zero attached hydrogens (tertiary/aromatic N) is 2. The van der Waals surface area contributed by atoms with Crippen molar-refractivity contribution in [3.8, 4) is 5.75 Å². The molecule has 27 heavy (non-hydrogen) atoms. The minimum absolute atomic E-state index is 0.180. The molecule has 7 nitrogen and oxygen atoms in total. The van der Waals surface area contributed by atoms with Crippen molar-refractivity contribution in [3.63, 3.8) is 0 Å². The van der Waals surface area contributed by atoms with Crippen LogP contribution in [0.15, 0.2) is 23.2 Å². The predicted octanol–water partition coefficient (Wildman–Crippen LogP) is 1.41. The smallest absolute Gasteiger partial charge is 0.191 e. The molecule has 1 fully saturated rings. The Morgan fingerprint density at radius 3 is 2.93 bits per heavy atom. The average molecular weight is 379 g/mol. The molecule has 0 bridgehead atoms. The van der Waals surface area contributed by atoms with Gasteiger partial charge in [0.2, 0.25) is 0 Å². The van der Waals surface area contributed by atoms with Gasteiger partial charge in [-0.15, -0.1) is 0 Å². The second-order valence-corrected chi connectivity index (χ2v) is 6.78. The number of hydrogen-bond acceptors (Lipinski definition) is 5. The summed E-state index contributed by atoms with van der Waals surface area (Å²) in [5.74, 6) is 1.65. The summed E-state index contributed by atoms with van der Waals surface area (Å²) in [6, 6.07) is 6.20. The van der Waals surface area contributed by atoms with Gasteiger partial charge >= 0.3 is 0 Å². The third kappa shape index (κ3) is 7.74. The van der Waals surface area contributed by atoms with Gasteiger partial charge in [0.25, 0.3) is 0 Å². The first kappa shape index (κ1) is 21.5. The summed E-state index contributed by atoms with van der Waals surface area (Å²) in [7, 11) is 3.80. The minimum Gasteiger partial charge on any atom is -0.491 e. The van der Waals surface area contributed by atoms with Crippen molar-refractivity contribution >= 4 is 5.96 Å². The zero-order valence-electron chi connectivity index (χ0n) is 17.1. The van der Waals surface area contributed by atoms with Gasteiger partial charge in [0.05, 0.1) is 25.9 Å². The maximum atomic E-state index is 5.86. The molecule has 0 aromatic heterocycles. The van der Waals surface area contributed by atoms with Gasteiger partial charge in [-0.25, -0.2) is 4.99 Å². The zero-order chi connectivity index (χ0) is 19.5. The second-order valence-electron chi connectivity index (χ2n) is 6.78. The number of aliphatic imine (C=N–C) groups is 1. The summed E-state index contributed by atoms with van der Waals surface area (Å²) in [5.41, 5.74) is 2.22. The van der Waals surface area contributed by atoms with E-state index in [1.165, 1.54) is 5.56 Å². The first-order chi connectivity index (χ1) is 13.1. The number of nitrogens with one attached hydrogen (secondary N) is 2. The highest BCUT2D eigenvalue weighted by Gasteiger charge is 2.17. The molecule has 1 unspecified atom stereocenters. The van der Waals surface area contributed by atoms with Crippen molar-refractivity contribution in [1.29, 1.82) is 0 Å². The maximum absolute atomic E-state index is 5.86. The zero-order valence-corrected chi connectivity index (χ0v) is 17.1. The lowest BCUT2D eigenvalue weighted by Crippen LogP contribution is -2.48. The van der Waals surface area contributed by atoms with Crippen LogP contribution in [0, 0.1) is 6.92 Å². The Morgan fingerprint density at radius 2 is 2.19 bits per heavy atom. The quantitative estimate of drug-likeness (QED) is 0.385. The van der Waals surface area contributed by atoms with Gasteiger partial charge in [-0.2, -0.15) is 0 Å². The highest BCUT2D eigenvalue weighted by atomic mass is 16.5. The van der Waals surface area contributed by atoms with E-state index in [1.54, 1.807) is 7.11 Å². The van der Waals surface area contributed by atoms with Crippen molar-refractivity contribution in [2.45, 2.75) is 26.5 Å². The molecule has 0 amide bonds. The number of methoxy groups -OCH3 is 1. The van der Waals surface area contributed by atoms with Gasteiger partial charge in [-0.3, -0.25) is 0 Å². The lowest BCUT2D eigenvalue weighted by atomic mass is 10.1.